The average Bonchev–Trinajstić information content (AvgIpc) is 2.47. The van der Waals surface area contributed by atoms with Crippen molar-refractivity contribution in [3.63, 3.8) is 0 Å². The summed E-state index contributed by atoms with van der Waals surface area (Å²) >= 11 is 9.24. The van der Waals surface area contributed by atoms with E-state index < -0.39 is 0 Å². The van der Waals surface area contributed by atoms with Crippen LogP contribution in [0, 0.1) is 5.82 Å². The van der Waals surface area contributed by atoms with Gasteiger partial charge in [0.25, 0.3) is 5.91 Å². The zero-order valence-electron chi connectivity index (χ0n) is 11.4. The molecule has 0 saturated heterocycles. The van der Waals surface area contributed by atoms with Crippen LogP contribution in [0.2, 0.25) is 5.02 Å². The molecule has 2 rings (SSSR count). The Hall–Kier alpha value is -1.39. The van der Waals surface area contributed by atoms with Gasteiger partial charge in [0.15, 0.2) is 0 Å². The molecule has 110 valence electrons. The molecule has 0 unspecified atom stereocenters. The molecule has 0 atom stereocenters. The SMILES string of the molecule is CCN(Cc1cccc(F)c1)C(=O)c1ccc(Cl)c(Br)c1. The number of halogens is 3. The fourth-order valence-electron chi connectivity index (χ4n) is 1.99. The van der Waals surface area contributed by atoms with Gasteiger partial charge >= 0.3 is 0 Å². The van der Waals surface area contributed by atoms with Gasteiger partial charge in [0.1, 0.15) is 5.82 Å². The second-order valence-electron chi connectivity index (χ2n) is 4.58. The summed E-state index contributed by atoms with van der Waals surface area (Å²) < 4.78 is 13.9. The highest BCUT2D eigenvalue weighted by Crippen LogP contribution is 2.24. The Kier molecular flexibility index (Phi) is 5.37. The van der Waals surface area contributed by atoms with Gasteiger partial charge in [0.2, 0.25) is 0 Å². The van der Waals surface area contributed by atoms with E-state index in [1.165, 1.54) is 12.1 Å². The van der Waals surface area contributed by atoms with Crippen molar-refractivity contribution in [1.29, 1.82) is 0 Å². The Balaban J connectivity index is 2.20. The van der Waals surface area contributed by atoms with E-state index >= 15 is 0 Å². The number of benzene rings is 2. The van der Waals surface area contributed by atoms with E-state index in [0.29, 0.717) is 28.1 Å². The second-order valence-corrected chi connectivity index (χ2v) is 5.84. The fraction of sp³-hybridized carbons (Fsp3) is 0.188. The van der Waals surface area contributed by atoms with Gasteiger partial charge in [-0.1, -0.05) is 23.7 Å². The average molecular weight is 371 g/mol. The molecule has 2 nitrogen and oxygen atoms in total. The largest absolute Gasteiger partial charge is 0.335 e. The van der Waals surface area contributed by atoms with Crippen molar-refractivity contribution in [3.8, 4) is 0 Å². The molecule has 1 amide bonds. The number of nitrogens with zero attached hydrogens (tertiary/aromatic N) is 1. The molecule has 0 radical (unpaired) electrons. The van der Waals surface area contributed by atoms with E-state index in [1.54, 1.807) is 35.2 Å². The van der Waals surface area contributed by atoms with Gasteiger partial charge in [0.05, 0.1) is 5.02 Å². The third-order valence-electron chi connectivity index (χ3n) is 3.10. The van der Waals surface area contributed by atoms with E-state index in [9.17, 15) is 9.18 Å². The molecule has 0 aromatic heterocycles. The zero-order valence-corrected chi connectivity index (χ0v) is 13.8. The van der Waals surface area contributed by atoms with Crippen LogP contribution in [0.5, 0.6) is 0 Å². The van der Waals surface area contributed by atoms with E-state index in [1.807, 2.05) is 6.92 Å². The Bertz CT molecular complexity index is 662. The lowest BCUT2D eigenvalue weighted by Gasteiger charge is -2.21. The number of carbonyl (C=O) groups excluding carboxylic acids is 1. The third-order valence-corrected chi connectivity index (χ3v) is 4.31. The number of amides is 1. The molecule has 2 aromatic carbocycles. The van der Waals surface area contributed by atoms with Crippen LogP contribution < -0.4 is 0 Å². The van der Waals surface area contributed by atoms with Gasteiger partial charge in [-0.25, -0.2) is 4.39 Å². The summed E-state index contributed by atoms with van der Waals surface area (Å²) in [4.78, 5) is 14.2. The lowest BCUT2D eigenvalue weighted by Crippen LogP contribution is -2.30. The molecular weight excluding hydrogens is 357 g/mol. The van der Waals surface area contributed by atoms with Gasteiger partial charge in [-0.2, -0.15) is 0 Å². The fourth-order valence-corrected chi connectivity index (χ4v) is 2.49. The van der Waals surface area contributed by atoms with E-state index in [2.05, 4.69) is 15.9 Å². The molecule has 0 N–H and O–H groups in total. The molecule has 2 aromatic rings. The lowest BCUT2D eigenvalue weighted by atomic mass is 10.1. The molecule has 0 fully saturated rings. The Morgan fingerprint density at radius 3 is 2.67 bits per heavy atom. The zero-order chi connectivity index (χ0) is 15.4. The van der Waals surface area contributed by atoms with Gasteiger partial charge < -0.3 is 4.90 Å². The summed E-state index contributed by atoms with van der Waals surface area (Å²) in [6.07, 6.45) is 0. The van der Waals surface area contributed by atoms with Crippen molar-refractivity contribution in [2.24, 2.45) is 0 Å². The highest BCUT2D eigenvalue weighted by atomic mass is 79.9. The highest BCUT2D eigenvalue weighted by molar-refractivity contribution is 9.10. The molecule has 0 aliphatic carbocycles. The molecule has 0 heterocycles. The summed E-state index contributed by atoms with van der Waals surface area (Å²) in [6.45, 7) is 2.80. The Labute approximate surface area is 136 Å². The first-order valence-electron chi connectivity index (χ1n) is 6.50. The minimum absolute atomic E-state index is 0.112. The normalized spacial score (nSPS) is 10.5. The third kappa shape index (κ3) is 4.05. The van der Waals surface area contributed by atoms with Crippen LogP contribution in [-0.4, -0.2) is 17.4 Å². The standard InChI is InChI=1S/C16H14BrClFNO/c1-2-20(10-11-4-3-5-13(19)8-11)16(21)12-6-7-15(18)14(17)9-12/h3-9H,2,10H2,1H3. The maximum atomic E-state index is 13.2. The van der Waals surface area contributed by atoms with E-state index in [0.717, 1.165) is 5.56 Å². The van der Waals surface area contributed by atoms with Crippen LogP contribution in [0.1, 0.15) is 22.8 Å². The molecule has 0 saturated carbocycles. The van der Waals surface area contributed by atoms with Crippen molar-refractivity contribution < 1.29 is 9.18 Å². The maximum Gasteiger partial charge on any atom is 0.254 e. The summed E-state index contributed by atoms with van der Waals surface area (Å²) in [5.41, 5.74) is 1.31. The lowest BCUT2D eigenvalue weighted by molar-refractivity contribution is 0.0752. The van der Waals surface area contributed by atoms with Crippen LogP contribution in [0.25, 0.3) is 0 Å². The molecule has 0 bridgehead atoms. The van der Waals surface area contributed by atoms with E-state index in [-0.39, 0.29) is 11.7 Å². The molecule has 5 heteroatoms. The topological polar surface area (TPSA) is 20.3 Å². The predicted molar refractivity (Wildman–Crippen MR) is 86.0 cm³/mol. The quantitative estimate of drug-likeness (QED) is 0.749. The summed E-state index contributed by atoms with van der Waals surface area (Å²) in [5, 5.41) is 0.555. The monoisotopic (exact) mass is 369 g/mol. The minimum Gasteiger partial charge on any atom is -0.335 e. The number of hydrogen-bond acceptors (Lipinski definition) is 1. The van der Waals surface area contributed by atoms with Gasteiger partial charge in [-0.15, -0.1) is 0 Å². The minimum atomic E-state index is -0.301. The first-order chi connectivity index (χ1) is 10.0. The van der Waals surface area contributed by atoms with Gasteiger partial charge in [-0.05, 0) is 58.7 Å². The molecule has 0 spiro atoms. The first kappa shape index (κ1) is 16.0. The van der Waals surface area contributed by atoms with Crippen molar-refractivity contribution in [3.05, 3.63) is 68.9 Å². The smallest absolute Gasteiger partial charge is 0.254 e. The predicted octanol–water partition coefficient (Wildman–Crippen LogP) is 4.90. The molecule has 0 aliphatic rings. The van der Waals surface area contributed by atoms with Gasteiger partial charge in [0, 0.05) is 23.1 Å². The second kappa shape index (κ2) is 7.05. The van der Waals surface area contributed by atoms with Crippen molar-refractivity contribution in [2.45, 2.75) is 13.5 Å². The molecular formula is C16H14BrClFNO. The summed E-state index contributed by atoms with van der Waals surface area (Å²) in [6, 6.07) is 11.3. The number of rotatable bonds is 4. The van der Waals surface area contributed by atoms with Crippen LogP contribution >= 0.6 is 27.5 Å². The first-order valence-corrected chi connectivity index (χ1v) is 7.67. The van der Waals surface area contributed by atoms with Crippen LogP contribution in [0.4, 0.5) is 4.39 Å². The van der Waals surface area contributed by atoms with Crippen LogP contribution in [-0.2, 0) is 6.54 Å². The van der Waals surface area contributed by atoms with Crippen molar-refractivity contribution in [1.82, 2.24) is 4.90 Å². The van der Waals surface area contributed by atoms with Crippen LogP contribution in [0.3, 0.4) is 0 Å². The van der Waals surface area contributed by atoms with Crippen molar-refractivity contribution in [2.75, 3.05) is 6.54 Å². The Morgan fingerprint density at radius 2 is 2.05 bits per heavy atom. The number of hydrogen-bond donors (Lipinski definition) is 0. The number of carbonyl (C=O) groups is 1. The Morgan fingerprint density at radius 1 is 1.29 bits per heavy atom. The van der Waals surface area contributed by atoms with E-state index in [4.69, 9.17) is 11.6 Å². The summed E-state index contributed by atoms with van der Waals surface area (Å²) in [7, 11) is 0. The summed E-state index contributed by atoms with van der Waals surface area (Å²) in [5.74, 6) is -0.413. The van der Waals surface area contributed by atoms with Gasteiger partial charge in [-0.3, -0.25) is 4.79 Å². The van der Waals surface area contributed by atoms with Crippen LogP contribution in [0.15, 0.2) is 46.9 Å². The maximum absolute atomic E-state index is 13.2. The molecule has 0 aliphatic heterocycles. The molecule has 21 heavy (non-hydrogen) atoms. The van der Waals surface area contributed by atoms with Crippen molar-refractivity contribution >= 4 is 33.4 Å². The highest BCUT2D eigenvalue weighted by Gasteiger charge is 2.15.